The number of amides is 2. The minimum atomic E-state index is -1.00. The lowest BCUT2D eigenvalue weighted by atomic mass is 10.0. The number of aryl methyl sites for hydroxylation is 1. The van der Waals surface area contributed by atoms with E-state index in [0.717, 1.165) is 5.56 Å². The van der Waals surface area contributed by atoms with Gasteiger partial charge in [-0.25, -0.2) is 9.59 Å². The number of benzene rings is 1. The number of aromatic amines is 1. The Kier molecular flexibility index (Phi) is 8.77. The monoisotopic (exact) mass is 518 g/mol. The van der Waals surface area contributed by atoms with Crippen LogP contribution in [0.5, 0.6) is 5.75 Å². The maximum atomic E-state index is 13.3. The number of aliphatic hydroxyl groups is 1. The molecule has 1 aromatic carbocycles. The molecule has 1 aliphatic rings. The van der Waals surface area contributed by atoms with Gasteiger partial charge in [-0.3, -0.25) is 19.1 Å². The number of hydrogen-bond acceptors (Lipinski definition) is 8. The van der Waals surface area contributed by atoms with Crippen LogP contribution in [0.1, 0.15) is 44.5 Å². The summed E-state index contributed by atoms with van der Waals surface area (Å²) in [6.07, 6.45) is -0.684. The molecule has 0 aliphatic carbocycles. The van der Waals surface area contributed by atoms with Gasteiger partial charge in [-0.05, 0) is 45.4 Å². The molecule has 1 fully saturated rings. The van der Waals surface area contributed by atoms with Crippen molar-refractivity contribution in [2.24, 2.45) is 0 Å². The predicted molar refractivity (Wildman–Crippen MR) is 133 cm³/mol. The number of nitrogens with zero attached hydrogens (tertiary/aromatic N) is 1. The number of H-pyrrole nitrogens is 1. The molecule has 1 saturated heterocycles. The number of aromatic nitrogens is 2. The second-order valence-electron chi connectivity index (χ2n) is 9.89. The van der Waals surface area contributed by atoms with E-state index in [1.165, 1.54) is 10.8 Å². The topological polar surface area (TPSA) is 161 Å². The van der Waals surface area contributed by atoms with Crippen LogP contribution in [0.4, 0.5) is 4.79 Å². The summed E-state index contributed by atoms with van der Waals surface area (Å²) in [5.74, 6) is 0.136. The molecule has 4 atom stereocenters. The molecule has 37 heavy (non-hydrogen) atoms. The lowest BCUT2D eigenvalue weighted by Gasteiger charge is -2.25. The lowest BCUT2D eigenvalue weighted by molar-refractivity contribution is -0.124. The number of alkyl carbamates (subject to hydrolysis) is 1. The quantitative estimate of drug-likeness (QED) is 0.398. The van der Waals surface area contributed by atoms with Crippen LogP contribution in [-0.2, 0) is 20.7 Å². The number of carbonyl (C=O) groups excluding carboxylic acids is 2. The highest BCUT2D eigenvalue weighted by molar-refractivity contribution is 5.86. The first kappa shape index (κ1) is 27.9. The van der Waals surface area contributed by atoms with Crippen LogP contribution in [0.2, 0.25) is 0 Å². The molecular weight excluding hydrogens is 484 g/mol. The normalized spacial score (nSPS) is 20.2. The summed E-state index contributed by atoms with van der Waals surface area (Å²) in [4.78, 5) is 52.1. The van der Waals surface area contributed by atoms with Gasteiger partial charge in [-0.15, -0.1) is 0 Å². The van der Waals surface area contributed by atoms with Gasteiger partial charge in [-0.1, -0.05) is 12.1 Å². The molecule has 4 N–H and O–H groups in total. The highest BCUT2D eigenvalue weighted by atomic mass is 16.6. The smallest absolute Gasteiger partial charge is 0.408 e. The first-order chi connectivity index (χ1) is 17.4. The molecule has 0 spiro atoms. The number of aliphatic hydroxyl groups excluding tert-OH is 1. The zero-order valence-electron chi connectivity index (χ0n) is 21.6. The summed E-state index contributed by atoms with van der Waals surface area (Å²) < 4.78 is 17.5. The van der Waals surface area contributed by atoms with Crippen molar-refractivity contribution >= 4 is 12.0 Å². The first-order valence-electron chi connectivity index (χ1n) is 11.9. The lowest BCUT2D eigenvalue weighted by Crippen LogP contribution is -2.53. The molecule has 12 nitrogen and oxygen atoms in total. The summed E-state index contributed by atoms with van der Waals surface area (Å²) in [6.45, 7) is 6.29. The Bertz CT molecular complexity index is 1210. The third-order valence-electron chi connectivity index (χ3n) is 5.81. The molecule has 12 heteroatoms. The number of carbonyl (C=O) groups is 2. The first-order valence-corrected chi connectivity index (χ1v) is 11.9. The van der Waals surface area contributed by atoms with Gasteiger partial charge in [0.1, 0.15) is 29.7 Å². The van der Waals surface area contributed by atoms with Crippen molar-refractivity contribution in [1.29, 1.82) is 0 Å². The Morgan fingerprint density at radius 3 is 2.51 bits per heavy atom. The van der Waals surface area contributed by atoms with Gasteiger partial charge in [0, 0.05) is 24.6 Å². The Hall–Kier alpha value is -3.64. The van der Waals surface area contributed by atoms with E-state index in [4.69, 9.17) is 14.2 Å². The van der Waals surface area contributed by atoms with Gasteiger partial charge in [0.25, 0.3) is 5.56 Å². The second-order valence-corrected chi connectivity index (χ2v) is 9.89. The van der Waals surface area contributed by atoms with Crippen LogP contribution in [-0.4, -0.2) is 64.2 Å². The molecule has 3 rings (SSSR count). The zero-order chi connectivity index (χ0) is 27.3. The van der Waals surface area contributed by atoms with Crippen LogP contribution >= 0.6 is 0 Å². The fourth-order valence-electron chi connectivity index (χ4n) is 3.96. The average Bonchev–Trinajstić information content (AvgIpc) is 3.22. The molecule has 2 heterocycles. The molecule has 2 aromatic rings. The molecule has 2 amide bonds. The molecule has 0 saturated carbocycles. The van der Waals surface area contributed by atoms with E-state index in [1.807, 2.05) is 0 Å². The van der Waals surface area contributed by atoms with Gasteiger partial charge >= 0.3 is 11.8 Å². The largest absolute Gasteiger partial charge is 0.497 e. The average molecular weight is 519 g/mol. The summed E-state index contributed by atoms with van der Waals surface area (Å²) >= 11 is 0. The van der Waals surface area contributed by atoms with Crippen LogP contribution in [0.15, 0.2) is 40.1 Å². The third-order valence-corrected chi connectivity index (χ3v) is 5.81. The number of rotatable bonds is 8. The summed E-state index contributed by atoms with van der Waals surface area (Å²) in [6, 6.07) is 5.40. The van der Waals surface area contributed by atoms with Crippen molar-refractivity contribution in [3.63, 3.8) is 0 Å². The predicted octanol–water partition coefficient (Wildman–Crippen LogP) is 0.754. The Morgan fingerprint density at radius 1 is 1.24 bits per heavy atom. The van der Waals surface area contributed by atoms with E-state index in [2.05, 4.69) is 15.6 Å². The minimum absolute atomic E-state index is 0.157. The highest BCUT2D eigenvalue weighted by Crippen LogP contribution is 2.27. The minimum Gasteiger partial charge on any atom is -0.497 e. The van der Waals surface area contributed by atoms with E-state index in [0.29, 0.717) is 11.3 Å². The summed E-state index contributed by atoms with van der Waals surface area (Å²) in [5.41, 5.74) is -0.837. The van der Waals surface area contributed by atoms with E-state index in [-0.39, 0.29) is 12.8 Å². The third kappa shape index (κ3) is 7.43. The Balaban J connectivity index is 1.78. The van der Waals surface area contributed by atoms with Gasteiger partial charge < -0.3 is 30.0 Å². The van der Waals surface area contributed by atoms with Crippen molar-refractivity contribution in [3.05, 3.63) is 62.4 Å². The van der Waals surface area contributed by atoms with Crippen molar-refractivity contribution < 1.29 is 28.9 Å². The number of ether oxygens (including phenoxy) is 3. The zero-order valence-corrected chi connectivity index (χ0v) is 21.6. The van der Waals surface area contributed by atoms with Gasteiger partial charge in [0.2, 0.25) is 5.91 Å². The van der Waals surface area contributed by atoms with Crippen LogP contribution < -0.4 is 26.6 Å². The van der Waals surface area contributed by atoms with Gasteiger partial charge in [0.05, 0.1) is 19.8 Å². The van der Waals surface area contributed by atoms with Crippen molar-refractivity contribution in [2.45, 2.75) is 70.6 Å². The maximum absolute atomic E-state index is 13.3. The Morgan fingerprint density at radius 2 is 1.92 bits per heavy atom. The standard InChI is InChI=1S/C25H34N4O8/c1-14-12-29(23(33)28-21(14)31)20-11-17(19(13-30)36-20)26-22(32)18(27-24(34)37-25(2,3)4)10-15-6-8-16(35-5)9-7-15/h6-9,12,17-20,30H,10-11,13H2,1-5H3,(H,26,32)(H,27,34)(H,28,31,33)/t17-,18+,19+,20+/m1/s1. The van der Waals surface area contributed by atoms with E-state index < -0.39 is 59.9 Å². The van der Waals surface area contributed by atoms with Crippen molar-refractivity contribution in [1.82, 2.24) is 20.2 Å². The molecule has 0 bridgehead atoms. The number of hydrogen-bond donors (Lipinski definition) is 4. The van der Waals surface area contributed by atoms with E-state index >= 15 is 0 Å². The van der Waals surface area contributed by atoms with Gasteiger partial charge in [-0.2, -0.15) is 0 Å². The van der Waals surface area contributed by atoms with Crippen LogP contribution in [0, 0.1) is 6.92 Å². The van der Waals surface area contributed by atoms with Crippen molar-refractivity contribution in [2.75, 3.05) is 13.7 Å². The summed E-state index contributed by atoms with van der Waals surface area (Å²) in [5, 5.41) is 15.3. The fourth-order valence-corrected chi connectivity index (χ4v) is 3.96. The van der Waals surface area contributed by atoms with Gasteiger partial charge in [0.15, 0.2) is 0 Å². The van der Waals surface area contributed by atoms with Crippen molar-refractivity contribution in [3.8, 4) is 5.75 Å². The Labute approximate surface area is 213 Å². The second kappa shape index (κ2) is 11.6. The molecule has 0 unspecified atom stereocenters. The molecule has 202 valence electrons. The molecule has 1 aromatic heterocycles. The van der Waals surface area contributed by atoms with E-state index in [9.17, 15) is 24.3 Å². The van der Waals surface area contributed by atoms with Crippen LogP contribution in [0.3, 0.4) is 0 Å². The number of nitrogens with one attached hydrogen (secondary N) is 3. The van der Waals surface area contributed by atoms with E-state index in [1.54, 1.807) is 59.1 Å². The molecule has 0 radical (unpaired) electrons. The van der Waals surface area contributed by atoms with Crippen LogP contribution in [0.25, 0.3) is 0 Å². The molecule has 1 aliphatic heterocycles. The fraction of sp³-hybridized carbons (Fsp3) is 0.520. The number of methoxy groups -OCH3 is 1. The highest BCUT2D eigenvalue weighted by Gasteiger charge is 2.38. The summed E-state index contributed by atoms with van der Waals surface area (Å²) in [7, 11) is 1.55. The molecular formula is C25H34N4O8. The maximum Gasteiger partial charge on any atom is 0.408 e. The SMILES string of the molecule is COc1ccc(C[C@H](NC(=O)OC(C)(C)C)C(=O)N[C@@H]2C[C@@H](n3cc(C)c(=O)[nH]c3=O)O[C@H]2CO)cc1.